The molecule has 1 heterocycles. The molecule has 2 atom stereocenters. The SMILES string of the molecule is COc1ccc([C@@H](CNC(=O)[C@H](CCSC)NC(=O)c2ccccc2Cl)N2CCOCC2)cc1. The minimum atomic E-state index is -0.655. The van der Waals surface area contributed by atoms with Crippen LogP contribution in [0.5, 0.6) is 5.75 Å². The van der Waals surface area contributed by atoms with Gasteiger partial charge in [0.05, 0.1) is 37.0 Å². The van der Waals surface area contributed by atoms with E-state index >= 15 is 0 Å². The molecule has 2 aromatic carbocycles. The van der Waals surface area contributed by atoms with E-state index in [1.807, 2.05) is 30.5 Å². The van der Waals surface area contributed by atoms with Crippen molar-refractivity contribution in [1.82, 2.24) is 15.5 Å². The Labute approximate surface area is 210 Å². The van der Waals surface area contributed by atoms with Gasteiger partial charge in [0.2, 0.25) is 5.91 Å². The maximum absolute atomic E-state index is 13.2. The quantitative estimate of drug-likeness (QED) is 0.487. The highest BCUT2D eigenvalue weighted by molar-refractivity contribution is 7.98. The topological polar surface area (TPSA) is 79.9 Å². The van der Waals surface area contributed by atoms with Crippen molar-refractivity contribution in [2.75, 3.05) is 52.0 Å². The number of amides is 2. The Balaban J connectivity index is 1.70. The van der Waals surface area contributed by atoms with E-state index in [-0.39, 0.29) is 17.9 Å². The van der Waals surface area contributed by atoms with Crippen molar-refractivity contribution in [1.29, 1.82) is 0 Å². The molecule has 9 heteroatoms. The fourth-order valence-corrected chi connectivity index (χ4v) is 4.57. The van der Waals surface area contributed by atoms with Crippen LogP contribution in [-0.2, 0) is 9.53 Å². The minimum absolute atomic E-state index is 0.0146. The van der Waals surface area contributed by atoms with Crippen LogP contribution in [0.2, 0.25) is 5.02 Å². The number of methoxy groups -OCH3 is 1. The van der Waals surface area contributed by atoms with E-state index < -0.39 is 6.04 Å². The van der Waals surface area contributed by atoms with Gasteiger partial charge in [-0.2, -0.15) is 11.8 Å². The molecule has 184 valence electrons. The number of hydrogen-bond donors (Lipinski definition) is 2. The first-order valence-electron chi connectivity index (χ1n) is 11.3. The number of nitrogens with one attached hydrogen (secondary N) is 2. The van der Waals surface area contributed by atoms with E-state index in [1.165, 1.54) is 0 Å². The Morgan fingerprint density at radius 2 is 1.85 bits per heavy atom. The number of carbonyl (C=O) groups is 2. The summed E-state index contributed by atoms with van der Waals surface area (Å²) in [5, 5.41) is 6.30. The second kappa shape index (κ2) is 13.6. The number of halogens is 1. The predicted molar refractivity (Wildman–Crippen MR) is 137 cm³/mol. The molecule has 2 amide bonds. The molecule has 1 aliphatic heterocycles. The van der Waals surface area contributed by atoms with Crippen LogP contribution < -0.4 is 15.4 Å². The number of carbonyl (C=O) groups excluding carboxylic acids is 2. The third-order valence-corrected chi connectivity index (χ3v) is 6.78. The molecule has 2 N–H and O–H groups in total. The molecule has 34 heavy (non-hydrogen) atoms. The smallest absolute Gasteiger partial charge is 0.253 e. The Morgan fingerprint density at radius 3 is 2.50 bits per heavy atom. The number of hydrogen-bond acceptors (Lipinski definition) is 6. The van der Waals surface area contributed by atoms with Crippen LogP contribution in [-0.4, -0.2) is 74.7 Å². The van der Waals surface area contributed by atoms with Crippen LogP contribution in [0, 0.1) is 0 Å². The summed E-state index contributed by atoms with van der Waals surface area (Å²) in [5.74, 6) is 0.965. The molecule has 0 saturated carbocycles. The first-order valence-corrected chi connectivity index (χ1v) is 13.1. The van der Waals surface area contributed by atoms with Gasteiger partial charge in [0, 0.05) is 19.6 Å². The van der Waals surface area contributed by atoms with E-state index in [1.54, 1.807) is 43.1 Å². The fourth-order valence-electron chi connectivity index (χ4n) is 3.88. The van der Waals surface area contributed by atoms with Gasteiger partial charge in [-0.3, -0.25) is 14.5 Å². The van der Waals surface area contributed by atoms with Crippen molar-refractivity contribution in [3.63, 3.8) is 0 Å². The Hall–Kier alpha value is -2.26. The van der Waals surface area contributed by atoms with Crippen LogP contribution >= 0.6 is 23.4 Å². The summed E-state index contributed by atoms with van der Waals surface area (Å²) in [7, 11) is 1.64. The summed E-state index contributed by atoms with van der Waals surface area (Å²) in [5.41, 5.74) is 1.44. The van der Waals surface area contributed by atoms with Crippen molar-refractivity contribution in [3.8, 4) is 5.75 Å². The largest absolute Gasteiger partial charge is 0.497 e. The summed E-state index contributed by atoms with van der Waals surface area (Å²) in [4.78, 5) is 28.3. The molecular weight excluding hydrogens is 474 g/mol. The molecule has 0 unspecified atom stereocenters. The molecular formula is C25H32ClN3O4S. The Morgan fingerprint density at radius 1 is 1.15 bits per heavy atom. The Kier molecular flexibility index (Phi) is 10.5. The highest BCUT2D eigenvalue weighted by atomic mass is 35.5. The van der Waals surface area contributed by atoms with Crippen molar-refractivity contribution < 1.29 is 19.1 Å². The zero-order valence-electron chi connectivity index (χ0n) is 19.6. The van der Waals surface area contributed by atoms with Gasteiger partial charge in [-0.15, -0.1) is 0 Å². The van der Waals surface area contributed by atoms with Gasteiger partial charge in [0.15, 0.2) is 0 Å². The van der Waals surface area contributed by atoms with Crippen LogP contribution in [0.1, 0.15) is 28.4 Å². The van der Waals surface area contributed by atoms with E-state index in [0.29, 0.717) is 36.8 Å². The molecule has 2 aromatic rings. The van der Waals surface area contributed by atoms with Gasteiger partial charge in [0.1, 0.15) is 11.8 Å². The second-order valence-corrected chi connectivity index (χ2v) is 9.36. The molecule has 1 fully saturated rings. The van der Waals surface area contributed by atoms with Crippen LogP contribution in [0.15, 0.2) is 48.5 Å². The highest BCUT2D eigenvalue weighted by Gasteiger charge is 2.26. The lowest BCUT2D eigenvalue weighted by Gasteiger charge is -2.35. The van der Waals surface area contributed by atoms with E-state index in [2.05, 4.69) is 15.5 Å². The van der Waals surface area contributed by atoms with Crippen LogP contribution in [0.4, 0.5) is 0 Å². The van der Waals surface area contributed by atoms with E-state index in [4.69, 9.17) is 21.1 Å². The number of rotatable bonds is 11. The molecule has 0 radical (unpaired) electrons. The fraction of sp³-hybridized carbons (Fsp3) is 0.440. The summed E-state index contributed by atoms with van der Waals surface area (Å²) in [6.45, 7) is 3.30. The number of thioether (sulfide) groups is 1. The van der Waals surface area contributed by atoms with Crippen molar-refractivity contribution >= 4 is 35.2 Å². The van der Waals surface area contributed by atoms with Gasteiger partial charge in [0.25, 0.3) is 5.91 Å². The van der Waals surface area contributed by atoms with Gasteiger partial charge in [-0.25, -0.2) is 0 Å². The standard InChI is InChI=1S/C25H32ClN3O4S/c1-32-19-9-7-18(8-10-19)23(29-12-14-33-15-13-29)17-27-25(31)22(11-16-34-2)28-24(30)20-5-3-4-6-21(20)26/h3-10,22-23H,11-17H2,1-2H3,(H,27,31)(H,28,30)/t22-,23+/m0/s1. The maximum atomic E-state index is 13.2. The van der Waals surface area contributed by atoms with Crippen molar-refractivity contribution in [3.05, 3.63) is 64.7 Å². The predicted octanol–water partition coefficient (Wildman–Crippen LogP) is 3.39. The minimum Gasteiger partial charge on any atom is -0.497 e. The summed E-state index contributed by atoms with van der Waals surface area (Å²) in [6, 6.07) is 14.1. The number of ether oxygens (including phenoxy) is 2. The molecule has 1 aliphatic rings. The summed E-state index contributed by atoms with van der Waals surface area (Å²) >= 11 is 7.80. The van der Waals surface area contributed by atoms with Crippen LogP contribution in [0.3, 0.4) is 0 Å². The number of nitrogens with zero attached hydrogens (tertiary/aromatic N) is 1. The molecule has 0 aromatic heterocycles. The molecule has 0 bridgehead atoms. The normalized spacial score (nSPS) is 15.9. The molecule has 0 spiro atoms. The molecule has 3 rings (SSSR count). The van der Waals surface area contributed by atoms with Gasteiger partial charge in [-0.05, 0) is 48.3 Å². The highest BCUT2D eigenvalue weighted by Crippen LogP contribution is 2.24. The average molecular weight is 506 g/mol. The van der Waals surface area contributed by atoms with Crippen LogP contribution in [0.25, 0.3) is 0 Å². The van der Waals surface area contributed by atoms with Gasteiger partial charge in [-0.1, -0.05) is 35.9 Å². The van der Waals surface area contributed by atoms with E-state index in [0.717, 1.165) is 30.2 Å². The third kappa shape index (κ3) is 7.37. The lowest BCUT2D eigenvalue weighted by atomic mass is 10.0. The average Bonchev–Trinajstić information content (AvgIpc) is 2.87. The third-order valence-electron chi connectivity index (χ3n) is 5.81. The summed E-state index contributed by atoms with van der Waals surface area (Å²) in [6.07, 6.45) is 2.50. The zero-order chi connectivity index (χ0) is 24.3. The zero-order valence-corrected chi connectivity index (χ0v) is 21.2. The number of morpholine rings is 1. The lowest BCUT2D eigenvalue weighted by molar-refractivity contribution is -0.123. The lowest BCUT2D eigenvalue weighted by Crippen LogP contribution is -2.50. The molecule has 1 saturated heterocycles. The van der Waals surface area contributed by atoms with Crippen molar-refractivity contribution in [2.24, 2.45) is 0 Å². The summed E-state index contributed by atoms with van der Waals surface area (Å²) < 4.78 is 10.8. The first kappa shape index (κ1) is 26.3. The second-order valence-electron chi connectivity index (χ2n) is 7.97. The monoisotopic (exact) mass is 505 g/mol. The maximum Gasteiger partial charge on any atom is 0.253 e. The molecule has 0 aliphatic carbocycles. The van der Waals surface area contributed by atoms with E-state index in [9.17, 15) is 9.59 Å². The molecule has 7 nitrogen and oxygen atoms in total. The number of benzene rings is 2. The van der Waals surface area contributed by atoms with Crippen molar-refractivity contribution in [2.45, 2.75) is 18.5 Å². The first-order chi connectivity index (χ1) is 16.5. The Bertz CT molecular complexity index is 938. The van der Waals surface area contributed by atoms with Gasteiger partial charge < -0.3 is 20.1 Å². The van der Waals surface area contributed by atoms with Gasteiger partial charge >= 0.3 is 0 Å².